The number of fused-ring (bicyclic) bond motifs is 1. The molecule has 2 heterocycles. The lowest BCUT2D eigenvalue weighted by Gasteiger charge is -2.30. The van der Waals surface area contributed by atoms with Crippen molar-refractivity contribution in [3.8, 4) is 11.8 Å². The molecule has 29 heavy (non-hydrogen) atoms. The number of aromatic nitrogens is 3. The van der Waals surface area contributed by atoms with Crippen molar-refractivity contribution in [2.45, 2.75) is 37.8 Å². The first kappa shape index (κ1) is 19.1. The highest BCUT2D eigenvalue weighted by atomic mass is 19.4. The van der Waals surface area contributed by atoms with Crippen LogP contribution in [0.25, 0.3) is 16.7 Å². The maximum absolute atomic E-state index is 13.2. The van der Waals surface area contributed by atoms with Crippen LogP contribution < -0.4 is 5.56 Å². The molecule has 148 valence electrons. The second kappa shape index (κ2) is 7.32. The Kier molecular flexibility index (Phi) is 4.82. The van der Waals surface area contributed by atoms with E-state index in [1.54, 1.807) is 36.4 Å². The van der Waals surface area contributed by atoms with Gasteiger partial charge in [0, 0.05) is 12.1 Å². The first-order valence-electron chi connectivity index (χ1n) is 9.33. The zero-order valence-electron chi connectivity index (χ0n) is 15.4. The summed E-state index contributed by atoms with van der Waals surface area (Å²) in [6, 6.07) is 11.8. The van der Waals surface area contributed by atoms with E-state index in [2.05, 4.69) is 9.97 Å². The van der Waals surface area contributed by atoms with E-state index in [0.29, 0.717) is 35.4 Å². The Morgan fingerprint density at radius 1 is 1.07 bits per heavy atom. The molecule has 0 saturated heterocycles. The summed E-state index contributed by atoms with van der Waals surface area (Å²) in [6.45, 7) is 0. The van der Waals surface area contributed by atoms with Gasteiger partial charge in [-0.1, -0.05) is 0 Å². The smallest absolute Gasteiger partial charge is 0.266 e. The highest BCUT2D eigenvalue weighted by molar-refractivity contribution is 5.73. The molecule has 1 aromatic carbocycles. The number of hydrogen-bond acceptors (Lipinski definition) is 4. The highest BCUT2D eigenvalue weighted by Crippen LogP contribution is 2.42. The van der Waals surface area contributed by atoms with Crippen LogP contribution in [0, 0.1) is 17.2 Å². The Morgan fingerprint density at radius 3 is 2.38 bits per heavy atom. The van der Waals surface area contributed by atoms with Crippen LogP contribution >= 0.6 is 0 Å². The molecule has 4 rings (SSSR count). The van der Waals surface area contributed by atoms with Crippen LogP contribution in [0.2, 0.25) is 0 Å². The van der Waals surface area contributed by atoms with Crippen LogP contribution in [0.15, 0.2) is 47.4 Å². The molecule has 5 nitrogen and oxygen atoms in total. The highest BCUT2D eigenvalue weighted by Gasteiger charge is 2.42. The summed E-state index contributed by atoms with van der Waals surface area (Å²) >= 11 is 0. The van der Waals surface area contributed by atoms with E-state index < -0.39 is 12.1 Å². The Labute approximate surface area is 164 Å². The predicted octanol–water partition coefficient (Wildman–Crippen LogP) is 4.49. The van der Waals surface area contributed by atoms with E-state index in [1.165, 1.54) is 10.8 Å². The third-order valence-electron chi connectivity index (χ3n) is 5.47. The van der Waals surface area contributed by atoms with E-state index in [-0.39, 0.29) is 29.8 Å². The van der Waals surface area contributed by atoms with Crippen molar-refractivity contribution < 1.29 is 13.2 Å². The Hall–Kier alpha value is -3.21. The second-order valence-electron chi connectivity index (χ2n) is 7.23. The van der Waals surface area contributed by atoms with Gasteiger partial charge in [0.05, 0.1) is 28.8 Å². The minimum Gasteiger partial charge on any atom is -0.266 e. The number of nitriles is 1. The Morgan fingerprint density at radius 2 is 1.76 bits per heavy atom. The maximum atomic E-state index is 13.2. The average Bonchev–Trinajstić information content (AvgIpc) is 2.73. The lowest BCUT2D eigenvalue weighted by molar-refractivity contribution is -0.182. The van der Waals surface area contributed by atoms with Crippen LogP contribution in [0.3, 0.4) is 0 Å². The number of nitrogens with zero attached hydrogens (tertiary/aromatic N) is 4. The zero-order chi connectivity index (χ0) is 20.6. The molecule has 2 aromatic heterocycles. The fraction of sp³-hybridized carbons (Fsp3) is 0.333. The van der Waals surface area contributed by atoms with Crippen molar-refractivity contribution in [1.82, 2.24) is 14.5 Å². The second-order valence-corrected chi connectivity index (χ2v) is 7.23. The van der Waals surface area contributed by atoms with Crippen molar-refractivity contribution in [3.63, 3.8) is 0 Å². The number of alkyl halides is 3. The average molecular weight is 398 g/mol. The molecule has 1 saturated carbocycles. The summed E-state index contributed by atoms with van der Waals surface area (Å²) in [5.74, 6) is -1.13. The Balaban J connectivity index is 1.82. The SMILES string of the molecule is N#Cc1ccc(-n2c(C3CCC(C(F)(F)F)CC3)nc3cccnc3c2=O)cc1. The fourth-order valence-corrected chi connectivity index (χ4v) is 3.92. The van der Waals surface area contributed by atoms with Gasteiger partial charge in [-0.05, 0) is 62.1 Å². The summed E-state index contributed by atoms with van der Waals surface area (Å²) in [7, 11) is 0. The molecule has 0 aliphatic heterocycles. The van der Waals surface area contributed by atoms with Crippen molar-refractivity contribution in [2.75, 3.05) is 0 Å². The van der Waals surface area contributed by atoms with E-state index in [4.69, 9.17) is 5.26 Å². The lowest BCUT2D eigenvalue weighted by atomic mass is 9.81. The molecular weight excluding hydrogens is 381 g/mol. The molecule has 0 N–H and O–H groups in total. The van der Waals surface area contributed by atoms with Crippen molar-refractivity contribution >= 4 is 11.0 Å². The Bertz CT molecular complexity index is 1140. The summed E-state index contributed by atoms with van der Waals surface area (Å²) < 4.78 is 40.6. The lowest BCUT2D eigenvalue weighted by Crippen LogP contribution is -2.31. The van der Waals surface area contributed by atoms with Crippen LogP contribution in [-0.2, 0) is 0 Å². The fourth-order valence-electron chi connectivity index (χ4n) is 3.92. The van der Waals surface area contributed by atoms with Gasteiger partial charge >= 0.3 is 6.18 Å². The number of rotatable bonds is 2. The van der Waals surface area contributed by atoms with E-state index >= 15 is 0 Å². The summed E-state index contributed by atoms with van der Waals surface area (Å²) in [5.41, 5.74) is 1.22. The summed E-state index contributed by atoms with van der Waals surface area (Å²) in [5, 5.41) is 9.01. The molecule has 8 heteroatoms. The molecule has 0 spiro atoms. The van der Waals surface area contributed by atoms with Crippen molar-refractivity contribution in [1.29, 1.82) is 5.26 Å². The van der Waals surface area contributed by atoms with Crippen LogP contribution in [-0.4, -0.2) is 20.7 Å². The summed E-state index contributed by atoms with van der Waals surface area (Å²) in [6.07, 6.45) is -2.05. The van der Waals surface area contributed by atoms with Crippen LogP contribution in [0.1, 0.15) is 43.0 Å². The van der Waals surface area contributed by atoms with Crippen LogP contribution in [0.4, 0.5) is 13.2 Å². The largest absolute Gasteiger partial charge is 0.391 e. The topological polar surface area (TPSA) is 71.6 Å². The zero-order valence-corrected chi connectivity index (χ0v) is 15.4. The van der Waals surface area contributed by atoms with Gasteiger partial charge in [-0.15, -0.1) is 0 Å². The van der Waals surface area contributed by atoms with Gasteiger partial charge in [-0.25, -0.2) is 9.97 Å². The molecule has 1 fully saturated rings. The molecule has 0 bridgehead atoms. The monoisotopic (exact) mass is 398 g/mol. The first-order chi connectivity index (χ1) is 13.9. The minimum absolute atomic E-state index is 0.0164. The normalized spacial score (nSPS) is 19.8. The standard InChI is InChI=1S/C21H17F3N4O/c22-21(23,24)15-7-5-14(6-8-15)19-27-17-2-1-11-26-18(17)20(29)28(19)16-9-3-13(12-25)4-10-16/h1-4,9-11,14-15H,5-8H2. The van der Waals surface area contributed by atoms with Gasteiger partial charge in [-0.2, -0.15) is 18.4 Å². The number of pyridine rings is 1. The summed E-state index contributed by atoms with van der Waals surface area (Å²) in [4.78, 5) is 21.9. The first-order valence-corrected chi connectivity index (χ1v) is 9.33. The maximum Gasteiger partial charge on any atom is 0.391 e. The van der Waals surface area contributed by atoms with E-state index in [9.17, 15) is 18.0 Å². The third-order valence-corrected chi connectivity index (χ3v) is 5.47. The third kappa shape index (κ3) is 3.60. The van der Waals surface area contributed by atoms with Gasteiger partial charge < -0.3 is 0 Å². The van der Waals surface area contributed by atoms with Gasteiger partial charge in [0.15, 0.2) is 5.52 Å². The van der Waals surface area contributed by atoms with Gasteiger partial charge in [0.2, 0.25) is 0 Å². The number of halogens is 3. The molecule has 1 aliphatic carbocycles. The van der Waals surface area contributed by atoms with E-state index in [0.717, 1.165) is 0 Å². The van der Waals surface area contributed by atoms with Gasteiger partial charge in [0.25, 0.3) is 5.56 Å². The van der Waals surface area contributed by atoms with Gasteiger partial charge in [0.1, 0.15) is 5.82 Å². The number of hydrogen-bond donors (Lipinski definition) is 0. The van der Waals surface area contributed by atoms with Crippen molar-refractivity contribution in [2.24, 2.45) is 5.92 Å². The molecule has 3 aromatic rings. The molecule has 0 unspecified atom stereocenters. The van der Waals surface area contributed by atoms with E-state index in [1.807, 2.05) is 6.07 Å². The minimum atomic E-state index is -4.20. The quantitative estimate of drug-likeness (QED) is 0.638. The molecule has 0 radical (unpaired) electrons. The molecule has 0 atom stereocenters. The number of benzene rings is 1. The van der Waals surface area contributed by atoms with Crippen molar-refractivity contribution in [3.05, 3.63) is 64.3 Å². The molecule has 0 amide bonds. The van der Waals surface area contributed by atoms with Gasteiger partial charge in [-0.3, -0.25) is 9.36 Å². The predicted molar refractivity (Wildman–Crippen MR) is 101 cm³/mol. The molecule has 1 aliphatic rings. The van der Waals surface area contributed by atoms with Crippen LogP contribution in [0.5, 0.6) is 0 Å². The molecular formula is C21H17F3N4O.